The van der Waals surface area contributed by atoms with Crippen molar-refractivity contribution in [3.05, 3.63) is 47.8 Å². The van der Waals surface area contributed by atoms with E-state index < -0.39 is 9.84 Å². The molecule has 0 bridgehead atoms. The van der Waals surface area contributed by atoms with Crippen LogP contribution in [0, 0.1) is 0 Å². The Kier molecular flexibility index (Phi) is 3.31. The van der Waals surface area contributed by atoms with Crippen LogP contribution in [0.3, 0.4) is 0 Å². The predicted molar refractivity (Wildman–Crippen MR) is 83.1 cm³/mol. The van der Waals surface area contributed by atoms with E-state index in [-0.39, 0.29) is 5.25 Å². The average Bonchev–Trinajstić information content (AvgIpc) is 2.94. The van der Waals surface area contributed by atoms with Gasteiger partial charge in [-0.15, -0.1) is 0 Å². The molecule has 1 aliphatic carbocycles. The number of sulfone groups is 1. The SMILES string of the molecule is O=S(=O)(c1ccccc1)C1CC(N2CCc3[nH]ncc3C2)C1. The summed E-state index contributed by atoms with van der Waals surface area (Å²) in [5.74, 6) is 0. The van der Waals surface area contributed by atoms with Gasteiger partial charge in [0.1, 0.15) is 0 Å². The summed E-state index contributed by atoms with van der Waals surface area (Å²) in [6.07, 6.45) is 4.34. The summed E-state index contributed by atoms with van der Waals surface area (Å²) in [5.41, 5.74) is 2.48. The standard InChI is InChI=1S/C16H19N3O2S/c20-22(21,14-4-2-1-3-5-14)15-8-13(9-15)19-7-6-16-12(11-19)10-17-18-16/h1-5,10,13,15H,6-9,11H2,(H,17,18). The van der Waals surface area contributed by atoms with Crippen LogP contribution in [0.5, 0.6) is 0 Å². The first-order valence-electron chi connectivity index (χ1n) is 7.69. The topological polar surface area (TPSA) is 66.1 Å². The van der Waals surface area contributed by atoms with E-state index in [1.807, 2.05) is 12.3 Å². The van der Waals surface area contributed by atoms with Gasteiger partial charge >= 0.3 is 0 Å². The first-order valence-corrected chi connectivity index (χ1v) is 9.23. The Hall–Kier alpha value is -1.66. The molecule has 6 heteroatoms. The molecule has 1 aliphatic heterocycles. The third-order valence-corrected chi connectivity index (χ3v) is 7.12. The molecule has 2 heterocycles. The van der Waals surface area contributed by atoms with Gasteiger partial charge in [-0.2, -0.15) is 5.10 Å². The molecule has 0 spiro atoms. The number of benzene rings is 1. The van der Waals surface area contributed by atoms with Gasteiger partial charge in [0.2, 0.25) is 0 Å². The van der Waals surface area contributed by atoms with Gasteiger partial charge < -0.3 is 0 Å². The predicted octanol–water partition coefficient (Wildman–Crippen LogP) is 1.77. The molecule has 1 aromatic carbocycles. The highest BCUT2D eigenvalue weighted by molar-refractivity contribution is 7.92. The number of nitrogens with one attached hydrogen (secondary N) is 1. The fourth-order valence-corrected chi connectivity index (χ4v) is 5.32. The molecule has 1 aromatic heterocycles. The zero-order valence-electron chi connectivity index (χ0n) is 12.3. The fourth-order valence-electron chi connectivity index (χ4n) is 3.45. The highest BCUT2D eigenvalue weighted by Crippen LogP contribution is 2.36. The first kappa shape index (κ1) is 14.0. The smallest absolute Gasteiger partial charge is 0.181 e. The highest BCUT2D eigenvalue weighted by Gasteiger charge is 2.42. The molecule has 1 fully saturated rings. The summed E-state index contributed by atoms with van der Waals surface area (Å²) >= 11 is 0. The number of aromatic amines is 1. The molecule has 4 rings (SSSR count). The second-order valence-corrected chi connectivity index (χ2v) is 8.43. The fraction of sp³-hybridized carbons (Fsp3) is 0.438. The lowest BCUT2D eigenvalue weighted by molar-refractivity contribution is 0.115. The Balaban J connectivity index is 1.43. The molecule has 22 heavy (non-hydrogen) atoms. The largest absolute Gasteiger partial charge is 0.296 e. The van der Waals surface area contributed by atoms with E-state index in [0.717, 1.165) is 32.4 Å². The summed E-state index contributed by atoms with van der Waals surface area (Å²) in [6.45, 7) is 1.87. The van der Waals surface area contributed by atoms with Crippen molar-refractivity contribution < 1.29 is 8.42 Å². The van der Waals surface area contributed by atoms with Crippen LogP contribution in [0.25, 0.3) is 0 Å². The van der Waals surface area contributed by atoms with E-state index in [1.165, 1.54) is 11.3 Å². The molecule has 1 N–H and O–H groups in total. The molecule has 0 saturated heterocycles. The van der Waals surface area contributed by atoms with E-state index in [1.54, 1.807) is 24.3 Å². The number of nitrogens with zero attached hydrogens (tertiary/aromatic N) is 2. The summed E-state index contributed by atoms with van der Waals surface area (Å²) in [5, 5.41) is 6.89. The third kappa shape index (κ3) is 2.27. The van der Waals surface area contributed by atoms with Gasteiger partial charge in [-0.1, -0.05) is 18.2 Å². The van der Waals surface area contributed by atoms with Crippen LogP contribution in [-0.2, 0) is 22.8 Å². The van der Waals surface area contributed by atoms with Crippen molar-refractivity contribution in [2.75, 3.05) is 6.54 Å². The second-order valence-electron chi connectivity index (χ2n) is 6.20. The number of hydrogen-bond acceptors (Lipinski definition) is 4. The molecular weight excluding hydrogens is 298 g/mol. The summed E-state index contributed by atoms with van der Waals surface area (Å²) in [7, 11) is -3.17. The van der Waals surface area contributed by atoms with Gasteiger partial charge in [-0.25, -0.2) is 8.42 Å². The van der Waals surface area contributed by atoms with Crippen LogP contribution in [-0.4, -0.2) is 41.4 Å². The maximum Gasteiger partial charge on any atom is 0.181 e. The Labute approximate surface area is 130 Å². The monoisotopic (exact) mass is 317 g/mol. The van der Waals surface area contributed by atoms with Crippen molar-refractivity contribution in [3.63, 3.8) is 0 Å². The molecule has 116 valence electrons. The molecular formula is C16H19N3O2S. The number of aromatic nitrogens is 2. The minimum atomic E-state index is -3.17. The van der Waals surface area contributed by atoms with Crippen LogP contribution >= 0.6 is 0 Å². The zero-order valence-corrected chi connectivity index (χ0v) is 13.1. The first-order chi connectivity index (χ1) is 10.6. The lowest BCUT2D eigenvalue weighted by Crippen LogP contribution is -2.51. The van der Waals surface area contributed by atoms with Crippen molar-refractivity contribution in [2.24, 2.45) is 0 Å². The van der Waals surface area contributed by atoms with Crippen molar-refractivity contribution >= 4 is 9.84 Å². The lowest BCUT2D eigenvalue weighted by Gasteiger charge is -2.43. The van der Waals surface area contributed by atoms with Crippen LogP contribution in [0.2, 0.25) is 0 Å². The Morgan fingerprint density at radius 3 is 2.73 bits per heavy atom. The number of H-pyrrole nitrogens is 1. The van der Waals surface area contributed by atoms with Gasteiger partial charge in [0.15, 0.2) is 9.84 Å². The van der Waals surface area contributed by atoms with E-state index in [0.29, 0.717) is 10.9 Å². The molecule has 0 radical (unpaired) electrons. The van der Waals surface area contributed by atoms with E-state index in [2.05, 4.69) is 15.1 Å². The van der Waals surface area contributed by atoms with E-state index >= 15 is 0 Å². The maximum absolute atomic E-state index is 12.6. The molecule has 0 unspecified atom stereocenters. The molecule has 2 aliphatic rings. The minimum absolute atomic E-state index is 0.231. The van der Waals surface area contributed by atoms with Gasteiger partial charge in [0.05, 0.1) is 16.3 Å². The van der Waals surface area contributed by atoms with Crippen molar-refractivity contribution in [2.45, 2.75) is 42.0 Å². The minimum Gasteiger partial charge on any atom is -0.296 e. The number of rotatable bonds is 3. The third-order valence-electron chi connectivity index (χ3n) is 4.93. The quantitative estimate of drug-likeness (QED) is 0.937. The Bertz CT molecular complexity index is 764. The molecule has 0 atom stereocenters. The van der Waals surface area contributed by atoms with E-state index in [9.17, 15) is 8.42 Å². The second kappa shape index (κ2) is 5.21. The molecule has 0 amide bonds. The highest BCUT2D eigenvalue weighted by atomic mass is 32.2. The number of fused-ring (bicyclic) bond motifs is 1. The van der Waals surface area contributed by atoms with Crippen molar-refractivity contribution in [1.29, 1.82) is 0 Å². The lowest BCUT2D eigenvalue weighted by atomic mass is 9.89. The van der Waals surface area contributed by atoms with Gasteiger partial charge in [0.25, 0.3) is 0 Å². The van der Waals surface area contributed by atoms with Crippen LogP contribution in [0.4, 0.5) is 0 Å². The van der Waals surface area contributed by atoms with Crippen LogP contribution in [0.15, 0.2) is 41.4 Å². The molecule has 2 aromatic rings. The molecule has 1 saturated carbocycles. The van der Waals surface area contributed by atoms with Crippen LogP contribution < -0.4 is 0 Å². The maximum atomic E-state index is 12.6. The number of hydrogen-bond donors (Lipinski definition) is 1. The summed E-state index contributed by atoms with van der Waals surface area (Å²) in [4.78, 5) is 2.85. The summed E-state index contributed by atoms with van der Waals surface area (Å²) in [6, 6.07) is 9.19. The average molecular weight is 317 g/mol. The Morgan fingerprint density at radius 1 is 1.18 bits per heavy atom. The summed E-state index contributed by atoms with van der Waals surface area (Å²) < 4.78 is 25.1. The van der Waals surface area contributed by atoms with Crippen molar-refractivity contribution in [3.8, 4) is 0 Å². The van der Waals surface area contributed by atoms with Gasteiger partial charge in [-0.3, -0.25) is 10.00 Å². The van der Waals surface area contributed by atoms with E-state index in [4.69, 9.17) is 0 Å². The Morgan fingerprint density at radius 2 is 1.95 bits per heavy atom. The van der Waals surface area contributed by atoms with Gasteiger partial charge in [-0.05, 0) is 25.0 Å². The molecule has 5 nitrogen and oxygen atoms in total. The van der Waals surface area contributed by atoms with Crippen LogP contribution in [0.1, 0.15) is 24.1 Å². The normalized spacial score (nSPS) is 25.5. The zero-order chi connectivity index (χ0) is 15.2. The van der Waals surface area contributed by atoms with Crippen molar-refractivity contribution in [1.82, 2.24) is 15.1 Å². The van der Waals surface area contributed by atoms with Gasteiger partial charge in [0, 0.05) is 36.8 Å².